The van der Waals surface area contributed by atoms with Gasteiger partial charge >= 0.3 is 0 Å². The van der Waals surface area contributed by atoms with Gasteiger partial charge < -0.3 is 5.32 Å². The summed E-state index contributed by atoms with van der Waals surface area (Å²) in [7, 11) is 0. The molecule has 25 heavy (non-hydrogen) atoms. The molecule has 0 radical (unpaired) electrons. The Morgan fingerprint density at radius 1 is 1.00 bits per heavy atom. The number of amides is 3. The van der Waals surface area contributed by atoms with Gasteiger partial charge in [-0.3, -0.25) is 19.3 Å². The average molecular weight is 336 g/mol. The number of carbonyl (C=O) groups is 3. The Hall–Kier alpha value is -2.95. The van der Waals surface area contributed by atoms with Crippen molar-refractivity contribution in [1.29, 1.82) is 0 Å². The van der Waals surface area contributed by atoms with Gasteiger partial charge in [-0.1, -0.05) is 42.0 Å². The van der Waals surface area contributed by atoms with Crippen molar-refractivity contribution in [3.63, 3.8) is 0 Å². The number of carbonyl (C=O) groups excluding carboxylic acids is 3. The predicted octanol–water partition coefficient (Wildman–Crippen LogP) is 2.69. The summed E-state index contributed by atoms with van der Waals surface area (Å²) in [5.74, 6) is -0.639. The quantitative estimate of drug-likeness (QED) is 0.825. The van der Waals surface area contributed by atoms with E-state index in [0.29, 0.717) is 24.1 Å². The Labute approximate surface area is 146 Å². The van der Waals surface area contributed by atoms with Gasteiger partial charge in [0, 0.05) is 19.5 Å². The van der Waals surface area contributed by atoms with E-state index in [1.165, 1.54) is 4.90 Å². The summed E-state index contributed by atoms with van der Waals surface area (Å²) in [5.41, 5.74) is 3.08. The van der Waals surface area contributed by atoms with E-state index in [1.54, 1.807) is 24.3 Å². The molecule has 0 atom stereocenters. The van der Waals surface area contributed by atoms with Crippen LogP contribution < -0.4 is 5.32 Å². The van der Waals surface area contributed by atoms with Crippen LogP contribution in [-0.2, 0) is 11.3 Å². The molecule has 3 amide bonds. The lowest BCUT2D eigenvalue weighted by Crippen LogP contribution is -2.32. The number of benzene rings is 2. The van der Waals surface area contributed by atoms with E-state index in [4.69, 9.17) is 0 Å². The fourth-order valence-electron chi connectivity index (χ4n) is 2.95. The molecule has 5 nitrogen and oxygen atoms in total. The highest BCUT2D eigenvalue weighted by Gasteiger charge is 2.34. The van der Waals surface area contributed by atoms with Gasteiger partial charge in [-0.05, 0) is 31.0 Å². The Bertz CT molecular complexity index is 794. The van der Waals surface area contributed by atoms with Gasteiger partial charge in [0.2, 0.25) is 5.91 Å². The fraction of sp³-hybridized carbons (Fsp3) is 0.250. The van der Waals surface area contributed by atoms with Crippen molar-refractivity contribution in [2.45, 2.75) is 26.3 Å². The first-order valence-electron chi connectivity index (χ1n) is 8.34. The van der Waals surface area contributed by atoms with Crippen molar-refractivity contribution >= 4 is 17.7 Å². The van der Waals surface area contributed by atoms with Crippen molar-refractivity contribution in [3.8, 4) is 0 Å². The zero-order valence-corrected chi connectivity index (χ0v) is 14.1. The maximum atomic E-state index is 12.2. The van der Waals surface area contributed by atoms with Crippen LogP contribution in [0.15, 0.2) is 48.5 Å². The van der Waals surface area contributed by atoms with Crippen molar-refractivity contribution in [2.75, 3.05) is 6.54 Å². The highest BCUT2D eigenvalue weighted by Crippen LogP contribution is 2.22. The standard InChI is InChI=1S/C20H20N2O3/c1-14-6-4-7-15(12-14)13-21-18(23)10-5-11-22-19(24)16-8-2-3-9-17(16)20(22)25/h2-4,6-9,12H,5,10-11,13H2,1H3,(H,21,23). The molecule has 3 rings (SSSR count). The highest BCUT2D eigenvalue weighted by molar-refractivity contribution is 6.21. The van der Waals surface area contributed by atoms with Crippen molar-refractivity contribution in [2.24, 2.45) is 0 Å². The van der Waals surface area contributed by atoms with E-state index in [0.717, 1.165) is 11.1 Å². The third-order valence-corrected chi connectivity index (χ3v) is 4.24. The van der Waals surface area contributed by atoms with E-state index >= 15 is 0 Å². The van der Waals surface area contributed by atoms with Crippen LogP contribution in [0.25, 0.3) is 0 Å². The molecule has 1 heterocycles. The molecule has 0 bridgehead atoms. The van der Waals surface area contributed by atoms with Crippen LogP contribution >= 0.6 is 0 Å². The molecule has 2 aromatic carbocycles. The van der Waals surface area contributed by atoms with Gasteiger partial charge in [-0.2, -0.15) is 0 Å². The maximum Gasteiger partial charge on any atom is 0.261 e. The molecule has 0 saturated heterocycles. The molecule has 0 spiro atoms. The van der Waals surface area contributed by atoms with E-state index < -0.39 is 0 Å². The van der Waals surface area contributed by atoms with Crippen LogP contribution in [0.2, 0.25) is 0 Å². The van der Waals surface area contributed by atoms with E-state index in [2.05, 4.69) is 5.32 Å². The molecule has 1 aliphatic heterocycles. The Balaban J connectivity index is 1.46. The maximum absolute atomic E-state index is 12.2. The minimum absolute atomic E-state index is 0.0851. The summed E-state index contributed by atoms with van der Waals surface area (Å²) < 4.78 is 0. The summed E-state index contributed by atoms with van der Waals surface area (Å²) in [6, 6.07) is 14.8. The second kappa shape index (κ2) is 7.30. The molecule has 1 aliphatic rings. The molecule has 0 unspecified atom stereocenters. The second-order valence-corrected chi connectivity index (χ2v) is 6.18. The first kappa shape index (κ1) is 16.9. The second-order valence-electron chi connectivity index (χ2n) is 6.18. The number of nitrogens with zero attached hydrogens (tertiary/aromatic N) is 1. The third kappa shape index (κ3) is 3.76. The van der Waals surface area contributed by atoms with Crippen molar-refractivity contribution in [3.05, 3.63) is 70.8 Å². The Kier molecular flexibility index (Phi) is 4.93. The van der Waals surface area contributed by atoms with Crippen molar-refractivity contribution < 1.29 is 14.4 Å². The monoisotopic (exact) mass is 336 g/mol. The lowest BCUT2D eigenvalue weighted by molar-refractivity contribution is -0.121. The zero-order valence-electron chi connectivity index (χ0n) is 14.1. The Morgan fingerprint density at radius 3 is 2.32 bits per heavy atom. The van der Waals surface area contributed by atoms with Crippen molar-refractivity contribution in [1.82, 2.24) is 10.2 Å². The van der Waals surface area contributed by atoms with E-state index in [-0.39, 0.29) is 30.7 Å². The summed E-state index contributed by atoms with van der Waals surface area (Å²) in [5, 5.41) is 2.86. The molecule has 5 heteroatoms. The number of imide groups is 1. The zero-order chi connectivity index (χ0) is 17.8. The van der Waals surface area contributed by atoms with Crippen LogP contribution in [0.5, 0.6) is 0 Å². The number of aryl methyl sites for hydroxylation is 1. The van der Waals surface area contributed by atoms with E-state index in [1.807, 2.05) is 31.2 Å². The van der Waals surface area contributed by atoms with Gasteiger partial charge in [0.05, 0.1) is 11.1 Å². The molecule has 2 aromatic rings. The third-order valence-electron chi connectivity index (χ3n) is 4.24. The van der Waals surface area contributed by atoms with Crippen LogP contribution in [-0.4, -0.2) is 29.2 Å². The lowest BCUT2D eigenvalue weighted by atomic mass is 10.1. The SMILES string of the molecule is Cc1cccc(CNC(=O)CCCN2C(=O)c3ccccc3C2=O)c1. The molecular weight excluding hydrogens is 316 g/mol. The predicted molar refractivity (Wildman–Crippen MR) is 94.1 cm³/mol. The summed E-state index contributed by atoms with van der Waals surface area (Å²) in [6.45, 7) is 2.74. The van der Waals surface area contributed by atoms with Gasteiger partial charge in [-0.15, -0.1) is 0 Å². The van der Waals surface area contributed by atoms with Gasteiger partial charge in [-0.25, -0.2) is 0 Å². The van der Waals surface area contributed by atoms with Crippen LogP contribution in [0, 0.1) is 6.92 Å². The number of fused-ring (bicyclic) bond motifs is 1. The van der Waals surface area contributed by atoms with Crippen LogP contribution in [0.4, 0.5) is 0 Å². The summed E-state index contributed by atoms with van der Waals surface area (Å²) in [4.78, 5) is 37.6. The normalized spacial score (nSPS) is 13.1. The number of hydrogen-bond acceptors (Lipinski definition) is 3. The first-order chi connectivity index (χ1) is 12.1. The smallest absolute Gasteiger partial charge is 0.261 e. The molecule has 128 valence electrons. The molecular formula is C20H20N2O3. The molecule has 1 N–H and O–H groups in total. The highest BCUT2D eigenvalue weighted by atomic mass is 16.2. The minimum Gasteiger partial charge on any atom is -0.352 e. The summed E-state index contributed by atoms with van der Waals surface area (Å²) >= 11 is 0. The van der Waals surface area contributed by atoms with Gasteiger partial charge in [0.1, 0.15) is 0 Å². The molecule has 0 fully saturated rings. The molecule has 0 aliphatic carbocycles. The van der Waals surface area contributed by atoms with Crippen LogP contribution in [0.1, 0.15) is 44.7 Å². The average Bonchev–Trinajstić information content (AvgIpc) is 2.85. The van der Waals surface area contributed by atoms with Gasteiger partial charge in [0.15, 0.2) is 0 Å². The Morgan fingerprint density at radius 2 is 1.68 bits per heavy atom. The minimum atomic E-state index is -0.277. The first-order valence-corrected chi connectivity index (χ1v) is 8.34. The largest absolute Gasteiger partial charge is 0.352 e. The number of nitrogens with one attached hydrogen (secondary N) is 1. The number of rotatable bonds is 6. The number of hydrogen-bond donors (Lipinski definition) is 1. The van der Waals surface area contributed by atoms with E-state index in [9.17, 15) is 14.4 Å². The van der Waals surface area contributed by atoms with Gasteiger partial charge in [0.25, 0.3) is 11.8 Å². The summed E-state index contributed by atoms with van der Waals surface area (Å²) in [6.07, 6.45) is 0.727. The van der Waals surface area contributed by atoms with Crippen LogP contribution in [0.3, 0.4) is 0 Å². The lowest BCUT2D eigenvalue weighted by Gasteiger charge is -2.13. The fourth-order valence-corrected chi connectivity index (χ4v) is 2.95. The molecule has 0 saturated carbocycles. The molecule has 0 aromatic heterocycles. The topological polar surface area (TPSA) is 66.5 Å².